The number of ether oxygens (including phenoxy) is 1. The molecule has 0 bridgehead atoms. The number of nitrogens with one attached hydrogen (secondary N) is 2. The highest BCUT2D eigenvalue weighted by molar-refractivity contribution is 6.05. The Labute approximate surface area is 197 Å². The van der Waals surface area contributed by atoms with Crippen molar-refractivity contribution >= 4 is 23.6 Å². The topological polar surface area (TPSA) is 123 Å². The van der Waals surface area contributed by atoms with Crippen molar-refractivity contribution in [3.8, 4) is 0 Å². The summed E-state index contributed by atoms with van der Waals surface area (Å²) in [4.78, 5) is 38.2. The zero-order valence-electron chi connectivity index (χ0n) is 18.5. The molecule has 12 heteroatoms. The van der Waals surface area contributed by atoms with E-state index in [0.29, 0.717) is 37.4 Å². The minimum absolute atomic E-state index is 0.0583. The molecule has 2 amide bonds. The van der Waals surface area contributed by atoms with E-state index in [4.69, 9.17) is 4.74 Å². The van der Waals surface area contributed by atoms with Crippen molar-refractivity contribution in [3.63, 3.8) is 0 Å². The predicted molar refractivity (Wildman–Crippen MR) is 115 cm³/mol. The number of hydrogen-bond acceptors (Lipinski definition) is 5. The summed E-state index contributed by atoms with van der Waals surface area (Å²) in [7, 11) is 0. The van der Waals surface area contributed by atoms with Gasteiger partial charge in [-0.2, -0.15) is 18.3 Å². The van der Waals surface area contributed by atoms with Gasteiger partial charge in [-0.25, -0.2) is 9.48 Å². The molecule has 2 atom stereocenters. The molecule has 35 heavy (non-hydrogen) atoms. The van der Waals surface area contributed by atoms with Crippen LogP contribution in [-0.2, 0) is 15.7 Å². The smallest absolute Gasteiger partial charge is 0.416 e. The molecule has 3 heterocycles. The molecule has 0 spiro atoms. The lowest BCUT2D eigenvalue weighted by atomic mass is 9.83. The molecule has 1 aromatic heterocycles. The van der Waals surface area contributed by atoms with Gasteiger partial charge in [0.2, 0.25) is 5.91 Å². The maximum Gasteiger partial charge on any atom is 0.416 e. The number of halogens is 3. The van der Waals surface area contributed by atoms with E-state index in [0.717, 1.165) is 31.0 Å². The molecule has 2 aliphatic heterocycles. The van der Waals surface area contributed by atoms with Gasteiger partial charge in [0.25, 0.3) is 5.91 Å². The number of nitrogens with zero attached hydrogens (tertiary/aromatic N) is 2. The molecule has 2 fully saturated rings. The average molecular weight is 492 g/mol. The first kappa shape index (κ1) is 23.3. The second-order valence-corrected chi connectivity index (χ2v) is 9.09. The van der Waals surface area contributed by atoms with Crippen LogP contribution in [0, 0.1) is 5.92 Å². The van der Waals surface area contributed by atoms with Crippen molar-refractivity contribution < 1.29 is 37.4 Å². The SMILES string of the molecule is O=C(N[C@H]1C(=O)Nc2c(c(C(=O)O)nn2C2CCOCC2)[C@H]1C1CC1)c1cccc(C(F)(F)F)c1. The Morgan fingerprint density at radius 2 is 1.89 bits per heavy atom. The number of rotatable bonds is 5. The molecule has 9 nitrogen and oxygen atoms in total. The van der Waals surface area contributed by atoms with E-state index in [2.05, 4.69) is 15.7 Å². The minimum atomic E-state index is -4.63. The molecule has 1 saturated heterocycles. The van der Waals surface area contributed by atoms with Gasteiger partial charge in [0, 0.05) is 30.3 Å². The van der Waals surface area contributed by atoms with Crippen LogP contribution in [0.4, 0.5) is 19.0 Å². The summed E-state index contributed by atoms with van der Waals surface area (Å²) in [5, 5.41) is 19.5. The minimum Gasteiger partial charge on any atom is -0.476 e. The van der Waals surface area contributed by atoms with Gasteiger partial charge in [0.05, 0.1) is 11.6 Å². The van der Waals surface area contributed by atoms with Crippen LogP contribution in [0.25, 0.3) is 0 Å². The fourth-order valence-corrected chi connectivity index (χ4v) is 4.94. The van der Waals surface area contributed by atoms with Crippen LogP contribution < -0.4 is 10.6 Å². The number of amides is 2. The van der Waals surface area contributed by atoms with Gasteiger partial charge in [0.1, 0.15) is 11.9 Å². The predicted octanol–water partition coefficient (Wildman–Crippen LogP) is 3.20. The third kappa shape index (κ3) is 4.38. The zero-order chi connectivity index (χ0) is 24.9. The number of carbonyl (C=O) groups is 3. The van der Waals surface area contributed by atoms with E-state index >= 15 is 0 Å². The van der Waals surface area contributed by atoms with Gasteiger partial charge in [-0.15, -0.1) is 0 Å². The summed E-state index contributed by atoms with van der Waals surface area (Å²) in [5.41, 5.74) is -1.07. The maximum absolute atomic E-state index is 13.2. The van der Waals surface area contributed by atoms with E-state index in [1.54, 1.807) is 4.68 Å². The van der Waals surface area contributed by atoms with Crippen LogP contribution in [0.5, 0.6) is 0 Å². The van der Waals surface area contributed by atoms with Gasteiger partial charge in [-0.3, -0.25) is 9.59 Å². The van der Waals surface area contributed by atoms with E-state index in [-0.39, 0.29) is 23.2 Å². The van der Waals surface area contributed by atoms with E-state index in [1.165, 1.54) is 6.07 Å². The molecule has 1 aliphatic carbocycles. The van der Waals surface area contributed by atoms with Gasteiger partial charge in [0.15, 0.2) is 5.69 Å². The average Bonchev–Trinajstić information content (AvgIpc) is 3.59. The number of aromatic carboxylic acids is 1. The molecule has 0 radical (unpaired) electrons. The molecule has 186 valence electrons. The zero-order valence-corrected chi connectivity index (χ0v) is 18.5. The number of hydrogen-bond donors (Lipinski definition) is 3. The quantitative estimate of drug-likeness (QED) is 0.589. The Kier molecular flexibility index (Phi) is 5.78. The number of benzene rings is 1. The highest BCUT2D eigenvalue weighted by Crippen LogP contribution is 2.50. The van der Waals surface area contributed by atoms with Crippen molar-refractivity contribution in [3.05, 3.63) is 46.6 Å². The largest absolute Gasteiger partial charge is 0.476 e. The van der Waals surface area contributed by atoms with Crippen LogP contribution >= 0.6 is 0 Å². The third-order valence-electron chi connectivity index (χ3n) is 6.77. The van der Waals surface area contributed by atoms with Crippen LogP contribution in [-0.4, -0.2) is 51.9 Å². The monoisotopic (exact) mass is 492 g/mol. The summed E-state index contributed by atoms with van der Waals surface area (Å²) in [6.45, 7) is 0.967. The van der Waals surface area contributed by atoms with Gasteiger partial charge < -0.3 is 20.5 Å². The number of carboxylic acids is 1. The number of carboxylic acid groups (broad SMARTS) is 1. The summed E-state index contributed by atoms with van der Waals surface area (Å²) >= 11 is 0. The molecular formula is C23H23F3N4O5. The van der Waals surface area contributed by atoms with Crippen molar-refractivity contribution in [2.75, 3.05) is 18.5 Å². The molecule has 1 aromatic carbocycles. The van der Waals surface area contributed by atoms with E-state index < -0.39 is 41.5 Å². The van der Waals surface area contributed by atoms with Crippen LogP contribution in [0.1, 0.15) is 69.6 Å². The molecule has 3 aliphatic rings. The van der Waals surface area contributed by atoms with Crippen LogP contribution in [0.2, 0.25) is 0 Å². The second-order valence-electron chi connectivity index (χ2n) is 9.09. The first-order valence-corrected chi connectivity index (χ1v) is 11.4. The highest BCUT2D eigenvalue weighted by Gasteiger charge is 2.49. The van der Waals surface area contributed by atoms with Crippen molar-refractivity contribution in [2.24, 2.45) is 5.92 Å². The number of fused-ring (bicyclic) bond motifs is 1. The normalized spacial score (nSPS) is 22.9. The van der Waals surface area contributed by atoms with E-state index in [1.807, 2.05) is 0 Å². The fourth-order valence-electron chi connectivity index (χ4n) is 4.94. The standard InChI is InChI=1S/C23H23F3N4O5/c24-23(25,26)13-3-1-2-12(10-13)20(31)27-17-15(11-4-5-11)16-18(22(33)34)29-30(19(16)28-21(17)32)14-6-8-35-9-7-14/h1-3,10-11,14-15,17H,4-9H2,(H,27,31)(H,28,32)(H,33,34)/t15-,17-/m1/s1. The van der Waals surface area contributed by atoms with Gasteiger partial charge in [-0.05, 0) is 49.8 Å². The summed E-state index contributed by atoms with van der Waals surface area (Å²) < 4.78 is 46.2. The number of aromatic nitrogens is 2. The Hall–Kier alpha value is -3.41. The highest BCUT2D eigenvalue weighted by atomic mass is 19.4. The summed E-state index contributed by atoms with van der Waals surface area (Å²) in [6.07, 6.45) is -1.96. The maximum atomic E-state index is 13.2. The number of anilines is 1. The lowest BCUT2D eigenvalue weighted by molar-refractivity contribution is -0.137. The number of alkyl halides is 3. The first-order chi connectivity index (χ1) is 16.6. The van der Waals surface area contributed by atoms with Gasteiger partial charge in [-0.1, -0.05) is 6.07 Å². The first-order valence-electron chi connectivity index (χ1n) is 11.4. The van der Waals surface area contributed by atoms with Gasteiger partial charge >= 0.3 is 12.1 Å². The molecule has 0 unspecified atom stereocenters. The van der Waals surface area contributed by atoms with Crippen molar-refractivity contribution in [2.45, 2.75) is 49.9 Å². The fraction of sp³-hybridized carbons (Fsp3) is 0.478. The lowest BCUT2D eigenvalue weighted by Crippen LogP contribution is -2.51. The second kappa shape index (κ2) is 8.67. The van der Waals surface area contributed by atoms with Crippen LogP contribution in [0.15, 0.2) is 24.3 Å². The Bertz CT molecular complexity index is 1180. The number of carbonyl (C=O) groups excluding carboxylic acids is 2. The molecule has 1 saturated carbocycles. The molecule has 3 N–H and O–H groups in total. The molecular weight excluding hydrogens is 469 g/mol. The Morgan fingerprint density at radius 1 is 1.17 bits per heavy atom. The van der Waals surface area contributed by atoms with E-state index in [9.17, 15) is 32.7 Å². The summed E-state index contributed by atoms with van der Waals surface area (Å²) in [5.74, 6) is -3.07. The lowest BCUT2D eigenvalue weighted by Gasteiger charge is -2.33. The Balaban J connectivity index is 1.50. The summed E-state index contributed by atoms with van der Waals surface area (Å²) in [6, 6.07) is 2.63. The van der Waals surface area contributed by atoms with Crippen molar-refractivity contribution in [1.82, 2.24) is 15.1 Å². The third-order valence-corrected chi connectivity index (χ3v) is 6.77. The van der Waals surface area contributed by atoms with Crippen LogP contribution in [0.3, 0.4) is 0 Å². The molecule has 5 rings (SSSR count). The molecule has 2 aromatic rings. The Morgan fingerprint density at radius 3 is 2.51 bits per heavy atom. The van der Waals surface area contributed by atoms with Crippen molar-refractivity contribution in [1.29, 1.82) is 0 Å².